The lowest BCUT2D eigenvalue weighted by atomic mass is 9.98. The molecule has 1 heterocycles. The zero-order valence-electron chi connectivity index (χ0n) is 9.27. The molecule has 2 unspecified atom stereocenters. The lowest BCUT2D eigenvalue weighted by Crippen LogP contribution is -2.40. The molecule has 1 rings (SSSR count). The Morgan fingerprint density at radius 1 is 1.38 bits per heavy atom. The third-order valence-corrected chi connectivity index (χ3v) is 3.13. The Balaban J connectivity index is 2.10. The molecule has 1 aliphatic rings. The number of piperidine rings is 1. The highest BCUT2D eigenvalue weighted by atomic mass is 14.9. The van der Waals surface area contributed by atoms with Gasteiger partial charge in [0.2, 0.25) is 0 Å². The van der Waals surface area contributed by atoms with Crippen molar-refractivity contribution >= 4 is 0 Å². The zero-order valence-corrected chi connectivity index (χ0v) is 9.27. The minimum atomic E-state index is 0.655. The average Bonchev–Trinajstić information content (AvgIpc) is 2.15. The fraction of sp³-hybridized carbons (Fsp3) is 1.00. The summed E-state index contributed by atoms with van der Waals surface area (Å²) in [5, 5.41) is 7.06. The number of nitrogens with one attached hydrogen (secondary N) is 2. The van der Waals surface area contributed by atoms with E-state index in [-0.39, 0.29) is 0 Å². The normalized spacial score (nSPS) is 26.3. The highest BCUT2D eigenvalue weighted by Gasteiger charge is 2.14. The standard InChI is InChI=1S/C11H24N2/c1-9(2)10(3)13-8-11-5-4-6-12-7-11/h9-13H,4-8H2,1-3H3. The maximum absolute atomic E-state index is 3.61. The number of rotatable bonds is 4. The Kier molecular flexibility index (Phi) is 4.74. The van der Waals surface area contributed by atoms with Crippen molar-refractivity contribution in [2.75, 3.05) is 19.6 Å². The summed E-state index contributed by atoms with van der Waals surface area (Å²) in [6, 6.07) is 0.655. The Morgan fingerprint density at radius 3 is 2.69 bits per heavy atom. The van der Waals surface area contributed by atoms with E-state index in [1.807, 2.05) is 0 Å². The Morgan fingerprint density at radius 2 is 2.15 bits per heavy atom. The van der Waals surface area contributed by atoms with E-state index < -0.39 is 0 Å². The molecule has 2 atom stereocenters. The van der Waals surface area contributed by atoms with E-state index in [0.29, 0.717) is 6.04 Å². The van der Waals surface area contributed by atoms with Crippen molar-refractivity contribution < 1.29 is 0 Å². The van der Waals surface area contributed by atoms with Gasteiger partial charge in [-0.05, 0) is 51.2 Å². The van der Waals surface area contributed by atoms with Crippen molar-refractivity contribution in [3.05, 3.63) is 0 Å². The molecule has 0 aromatic heterocycles. The summed E-state index contributed by atoms with van der Waals surface area (Å²) in [5.41, 5.74) is 0. The summed E-state index contributed by atoms with van der Waals surface area (Å²) < 4.78 is 0. The Bertz CT molecular complexity index is 128. The van der Waals surface area contributed by atoms with Crippen LogP contribution in [0.15, 0.2) is 0 Å². The molecule has 2 N–H and O–H groups in total. The molecule has 0 aliphatic carbocycles. The van der Waals surface area contributed by atoms with E-state index in [9.17, 15) is 0 Å². The van der Waals surface area contributed by atoms with E-state index in [4.69, 9.17) is 0 Å². The van der Waals surface area contributed by atoms with Crippen molar-refractivity contribution in [3.8, 4) is 0 Å². The monoisotopic (exact) mass is 184 g/mol. The molecule has 13 heavy (non-hydrogen) atoms. The van der Waals surface area contributed by atoms with Crippen molar-refractivity contribution in [3.63, 3.8) is 0 Å². The van der Waals surface area contributed by atoms with Crippen molar-refractivity contribution in [2.45, 2.75) is 39.7 Å². The van der Waals surface area contributed by atoms with Crippen LogP contribution in [-0.4, -0.2) is 25.7 Å². The number of hydrogen-bond acceptors (Lipinski definition) is 2. The van der Waals surface area contributed by atoms with Gasteiger partial charge in [0.25, 0.3) is 0 Å². The minimum absolute atomic E-state index is 0.655. The topological polar surface area (TPSA) is 24.1 Å². The lowest BCUT2D eigenvalue weighted by Gasteiger charge is -2.26. The van der Waals surface area contributed by atoms with Crippen LogP contribution in [0.1, 0.15) is 33.6 Å². The smallest absolute Gasteiger partial charge is 0.00618 e. The second kappa shape index (κ2) is 5.61. The van der Waals surface area contributed by atoms with E-state index in [1.165, 1.54) is 32.5 Å². The average molecular weight is 184 g/mol. The molecule has 78 valence electrons. The molecule has 0 saturated carbocycles. The third-order valence-electron chi connectivity index (χ3n) is 3.13. The van der Waals surface area contributed by atoms with Gasteiger partial charge >= 0.3 is 0 Å². The van der Waals surface area contributed by atoms with Gasteiger partial charge in [-0.2, -0.15) is 0 Å². The van der Waals surface area contributed by atoms with Gasteiger partial charge in [-0.25, -0.2) is 0 Å². The van der Waals surface area contributed by atoms with Crippen LogP contribution >= 0.6 is 0 Å². The van der Waals surface area contributed by atoms with E-state index >= 15 is 0 Å². The quantitative estimate of drug-likeness (QED) is 0.694. The molecule has 0 aromatic rings. The fourth-order valence-electron chi connectivity index (χ4n) is 1.69. The van der Waals surface area contributed by atoms with E-state index in [1.54, 1.807) is 0 Å². The maximum Gasteiger partial charge on any atom is 0.00618 e. The van der Waals surface area contributed by atoms with Gasteiger partial charge in [-0.1, -0.05) is 13.8 Å². The van der Waals surface area contributed by atoms with Crippen LogP contribution in [0.3, 0.4) is 0 Å². The molecule has 1 fully saturated rings. The maximum atomic E-state index is 3.61. The van der Waals surface area contributed by atoms with Crippen LogP contribution in [0.25, 0.3) is 0 Å². The van der Waals surface area contributed by atoms with Gasteiger partial charge in [-0.3, -0.25) is 0 Å². The van der Waals surface area contributed by atoms with Gasteiger partial charge in [0.15, 0.2) is 0 Å². The largest absolute Gasteiger partial charge is 0.316 e. The van der Waals surface area contributed by atoms with Crippen LogP contribution in [0.4, 0.5) is 0 Å². The number of hydrogen-bond donors (Lipinski definition) is 2. The highest BCUT2D eigenvalue weighted by molar-refractivity contribution is 4.73. The minimum Gasteiger partial charge on any atom is -0.316 e. The first-order valence-corrected chi connectivity index (χ1v) is 5.64. The van der Waals surface area contributed by atoms with Crippen LogP contribution < -0.4 is 10.6 Å². The zero-order chi connectivity index (χ0) is 9.68. The Hall–Kier alpha value is -0.0800. The first-order valence-electron chi connectivity index (χ1n) is 5.64. The summed E-state index contributed by atoms with van der Waals surface area (Å²) in [5.74, 6) is 1.60. The predicted molar refractivity (Wildman–Crippen MR) is 57.9 cm³/mol. The summed E-state index contributed by atoms with van der Waals surface area (Å²) in [6.45, 7) is 10.4. The summed E-state index contributed by atoms with van der Waals surface area (Å²) >= 11 is 0. The van der Waals surface area contributed by atoms with Crippen molar-refractivity contribution in [2.24, 2.45) is 11.8 Å². The molecule has 0 aromatic carbocycles. The van der Waals surface area contributed by atoms with Gasteiger partial charge in [0.05, 0.1) is 0 Å². The van der Waals surface area contributed by atoms with Gasteiger partial charge in [0.1, 0.15) is 0 Å². The molecule has 1 saturated heterocycles. The second-order valence-electron chi connectivity index (χ2n) is 4.65. The SMILES string of the molecule is CC(C)C(C)NCC1CCCNC1. The molecule has 1 aliphatic heterocycles. The van der Waals surface area contributed by atoms with Crippen LogP contribution in [0, 0.1) is 11.8 Å². The van der Waals surface area contributed by atoms with E-state index in [0.717, 1.165) is 11.8 Å². The lowest BCUT2D eigenvalue weighted by molar-refractivity contribution is 0.326. The van der Waals surface area contributed by atoms with Gasteiger partial charge < -0.3 is 10.6 Å². The Labute approximate surface area is 82.5 Å². The molecular weight excluding hydrogens is 160 g/mol. The molecule has 0 bridgehead atoms. The van der Waals surface area contributed by atoms with Crippen LogP contribution in [0.2, 0.25) is 0 Å². The van der Waals surface area contributed by atoms with Crippen LogP contribution in [-0.2, 0) is 0 Å². The molecule has 2 nitrogen and oxygen atoms in total. The van der Waals surface area contributed by atoms with Crippen LogP contribution in [0.5, 0.6) is 0 Å². The second-order valence-corrected chi connectivity index (χ2v) is 4.65. The molecule has 0 radical (unpaired) electrons. The van der Waals surface area contributed by atoms with E-state index in [2.05, 4.69) is 31.4 Å². The summed E-state index contributed by atoms with van der Waals surface area (Å²) in [4.78, 5) is 0. The summed E-state index contributed by atoms with van der Waals surface area (Å²) in [6.07, 6.45) is 2.74. The highest BCUT2D eigenvalue weighted by Crippen LogP contribution is 2.09. The first-order chi connectivity index (χ1) is 6.20. The van der Waals surface area contributed by atoms with Crippen molar-refractivity contribution in [1.29, 1.82) is 0 Å². The van der Waals surface area contributed by atoms with Gasteiger partial charge in [-0.15, -0.1) is 0 Å². The first kappa shape index (κ1) is 11.0. The van der Waals surface area contributed by atoms with Gasteiger partial charge in [0, 0.05) is 6.04 Å². The molecule has 0 amide bonds. The van der Waals surface area contributed by atoms with Crippen molar-refractivity contribution in [1.82, 2.24) is 10.6 Å². The summed E-state index contributed by atoms with van der Waals surface area (Å²) in [7, 11) is 0. The molecular formula is C11H24N2. The third kappa shape index (κ3) is 4.10. The molecule has 2 heteroatoms. The fourth-order valence-corrected chi connectivity index (χ4v) is 1.69. The predicted octanol–water partition coefficient (Wildman–Crippen LogP) is 1.62. The molecule has 0 spiro atoms.